The van der Waals surface area contributed by atoms with Crippen molar-refractivity contribution >= 4 is 38.4 Å². The van der Waals surface area contributed by atoms with Gasteiger partial charge >= 0.3 is 0 Å². The predicted molar refractivity (Wildman–Crippen MR) is 92.1 cm³/mol. The van der Waals surface area contributed by atoms with Crippen LogP contribution in [0.15, 0.2) is 35.3 Å². The second-order valence-corrected chi connectivity index (χ2v) is 6.88. The Morgan fingerprint density at radius 3 is 2.92 bits per heavy atom. The van der Waals surface area contributed by atoms with E-state index in [-0.39, 0.29) is 11.3 Å². The number of H-pyrrole nitrogens is 1. The molecular formula is C17H12N4O2S. The quantitative estimate of drug-likeness (QED) is 0.579. The lowest BCUT2D eigenvalue weighted by Gasteiger charge is -2.13. The van der Waals surface area contributed by atoms with Crippen LogP contribution < -0.4 is 5.56 Å². The number of fused-ring (bicyclic) bond motifs is 4. The number of carbonyl (C=O) groups is 1. The summed E-state index contributed by atoms with van der Waals surface area (Å²) in [4.78, 5) is 33.8. The van der Waals surface area contributed by atoms with Crippen molar-refractivity contribution in [3.63, 3.8) is 0 Å². The van der Waals surface area contributed by atoms with Crippen LogP contribution >= 0.6 is 11.3 Å². The average Bonchev–Trinajstić information content (AvgIpc) is 3.16. The Labute approximate surface area is 139 Å². The van der Waals surface area contributed by atoms with Crippen LogP contribution in [0.4, 0.5) is 0 Å². The van der Waals surface area contributed by atoms with Crippen molar-refractivity contribution in [3.8, 4) is 5.13 Å². The Morgan fingerprint density at radius 2 is 2.04 bits per heavy atom. The summed E-state index contributed by atoms with van der Waals surface area (Å²) in [5, 5.41) is 4.13. The molecule has 6 nitrogen and oxygen atoms in total. The van der Waals surface area contributed by atoms with Crippen LogP contribution in [-0.2, 0) is 6.42 Å². The van der Waals surface area contributed by atoms with Crippen LogP contribution in [0.25, 0.3) is 26.4 Å². The van der Waals surface area contributed by atoms with E-state index in [2.05, 4.69) is 15.1 Å². The molecule has 5 rings (SSSR count). The lowest BCUT2D eigenvalue weighted by molar-refractivity contribution is 0.0972. The molecule has 0 bridgehead atoms. The van der Waals surface area contributed by atoms with Gasteiger partial charge in [0.05, 0.1) is 15.6 Å². The minimum absolute atomic E-state index is 0.0674. The number of benzene rings is 1. The summed E-state index contributed by atoms with van der Waals surface area (Å²) in [5.74, 6) is 0.0674. The standard InChI is InChI=1S/C17H12N4O2S/c22-12-6-3-4-9-10(12)8-18-15-14(9)16(23)21(20-15)17-19-11-5-1-2-7-13(11)24-17/h1-2,5,7-8H,3-4,6H2,(H,18,20). The van der Waals surface area contributed by atoms with Gasteiger partial charge in [-0.1, -0.05) is 23.5 Å². The number of rotatable bonds is 1. The molecule has 1 aliphatic carbocycles. The molecule has 0 atom stereocenters. The number of aromatic nitrogens is 4. The second-order valence-electron chi connectivity index (χ2n) is 5.87. The number of nitrogens with one attached hydrogen (secondary N) is 1. The molecule has 0 spiro atoms. The van der Waals surface area contributed by atoms with Crippen molar-refractivity contribution < 1.29 is 4.79 Å². The minimum atomic E-state index is -0.192. The van der Waals surface area contributed by atoms with Crippen LogP contribution in [0.5, 0.6) is 0 Å². The molecule has 0 aliphatic heterocycles. The Bertz CT molecular complexity index is 1150. The maximum absolute atomic E-state index is 12.9. The number of aromatic amines is 1. The predicted octanol–water partition coefficient (Wildman–Crippen LogP) is 2.84. The minimum Gasteiger partial charge on any atom is -0.294 e. The van der Waals surface area contributed by atoms with Gasteiger partial charge in [0.2, 0.25) is 5.13 Å². The summed E-state index contributed by atoms with van der Waals surface area (Å²) in [5.41, 5.74) is 2.57. The molecule has 1 aromatic carbocycles. The van der Waals surface area contributed by atoms with E-state index >= 15 is 0 Å². The Hall–Kier alpha value is -2.80. The van der Waals surface area contributed by atoms with E-state index < -0.39 is 0 Å². The van der Waals surface area contributed by atoms with Crippen molar-refractivity contribution in [1.82, 2.24) is 19.7 Å². The fraction of sp³-hybridized carbons (Fsp3) is 0.176. The second kappa shape index (κ2) is 4.85. The molecule has 0 saturated carbocycles. The molecule has 0 fully saturated rings. The first-order valence-electron chi connectivity index (χ1n) is 7.74. The Morgan fingerprint density at radius 1 is 1.17 bits per heavy atom. The van der Waals surface area contributed by atoms with Gasteiger partial charge in [0, 0.05) is 18.2 Å². The summed E-state index contributed by atoms with van der Waals surface area (Å²) < 4.78 is 2.45. The van der Waals surface area contributed by atoms with Crippen molar-refractivity contribution in [1.29, 1.82) is 0 Å². The number of aryl methyl sites for hydroxylation is 1. The lowest BCUT2D eigenvalue weighted by atomic mass is 9.90. The molecular weight excluding hydrogens is 324 g/mol. The maximum atomic E-state index is 12.9. The third kappa shape index (κ3) is 1.81. The third-order valence-corrected chi connectivity index (χ3v) is 5.45. The lowest BCUT2D eigenvalue weighted by Crippen LogP contribution is -2.17. The topological polar surface area (TPSA) is 80.6 Å². The number of thiazole rings is 1. The van der Waals surface area contributed by atoms with Crippen LogP contribution in [0.1, 0.15) is 28.8 Å². The Kier molecular flexibility index (Phi) is 2.75. The molecule has 0 saturated heterocycles. The highest BCUT2D eigenvalue weighted by molar-refractivity contribution is 7.20. The van der Waals surface area contributed by atoms with E-state index in [1.807, 2.05) is 24.3 Å². The van der Waals surface area contributed by atoms with Gasteiger partial charge in [-0.25, -0.2) is 9.97 Å². The largest absolute Gasteiger partial charge is 0.294 e. The number of pyridine rings is 1. The zero-order valence-electron chi connectivity index (χ0n) is 12.6. The van der Waals surface area contributed by atoms with Gasteiger partial charge in [-0.05, 0) is 30.5 Å². The molecule has 1 aliphatic rings. The maximum Gasteiger partial charge on any atom is 0.283 e. The van der Waals surface area contributed by atoms with Gasteiger partial charge in [0.25, 0.3) is 5.56 Å². The summed E-state index contributed by atoms with van der Waals surface area (Å²) in [6, 6.07) is 7.76. The van der Waals surface area contributed by atoms with E-state index in [1.165, 1.54) is 16.0 Å². The van der Waals surface area contributed by atoms with E-state index in [4.69, 9.17) is 0 Å². The van der Waals surface area contributed by atoms with E-state index in [9.17, 15) is 9.59 Å². The normalized spacial score (nSPS) is 14.4. The number of hydrogen-bond donors (Lipinski definition) is 1. The summed E-state index contributed by atoms with van der Waals surface area (Å²) in [6.45, 7) is 0. The number of Topliss-reactive ketones (excluding diaryl/α,β-unsaturated/α-hetero) is 1. The van der Waals surface area contributed by atoms with Gasteiger partial charge in [0.15, 0.2) is 11.4 Å². The van der Waals surface area contributed by atoms with E-state index in [1.54, 1.807) is 6.20 Å². The van der Waals surface area contributed by atoms with Crippen molar-refractivity contribution in [2.75, 3.05) is 0 Å². The molecule has 3 aromatic heterocycles. The average molecular weight is 336 g/mol. The first-order valence-corrected chi connectivity index (χ1v) is 8.56. The summed E-state index contributed by atoms with van der Waals surface area (Å²) in [7, 11) is 0. The molecule has 0 amide bonds. The van der Waals surface area contributed by atoms with Gasteiger partial charge in [-0.15, -0.1) is 0 Å². The number of hydrogen-bond acceptors (Lipinski definition) is 5. The highest BCUT2D eigenvalue weighted by Gasteiger charge is 2.24. The van der Waals surface area contributed by atoms with Crippen LogP contribution in [0.3, 0.4) is 0 Å². The first-order chi connectivity index (χ1) is 11.7. The molecule has 0 radical (unpaired) electrons. The fourth-order valence-electron chi connectivity index (χ4n) is 3.28. The monoisotopic (exact) mass is 336 g/mol. The highest BCUT2D eigenvalue weighted by Crippen LogP contribution is 2.27. The van der Waals surface area contributed by atoms with Gasteiger partial charge in [-0.3, -0.25) is 14.7 Å². The van der Waals surface area contributed by atoms with Crippen molar-refractivity contribution in [3.05, 3.63) is 51.9 Å². The molecule has 1 N–H and O–H groups in total. The van der Waals surface area contributed by atoms with Crippen LogP contribution in [-0.4, -0.2) is 25.5 Å². The summed E-state index contributed by atoms with van der Waals surface area (Å²) in [6.07, 6.45) is 3.61. The molecule has 0 unspecified atom stereocenters. The van der Waals surface area contributed by atoms with Crippen LogP contribution in [0.2, 0.25) is 0 Å². The van der Waals surface area contributed by atoms with Gasteiger partial charge < -0.3 is 0 Å². The zero-order valence-corrected chi connectivity index (χ0v) is 13.4. The molecule has 3 heterocycles. The van der Waals surface area contributed by atoms with Crippen molar-refractivity contribution in [2.24, 2.45) is 0 Å². The molecule has 7 heteroatoms. The van der Waals surface area contributed by atoms with Crippen molar-refractivity contribution in [2.45, 2.75) is 19.3 Å². The third-order valence-electron chi connectivity index (χ3n) is 4.43. The van der Waals surface area contributed by atoms with Gasteiger partial charge in [0.1, 0.15) is 0 Å². The number of ketones is 1. The molecule has 24 heavy (non-hydrogen) atoms. The highest BCUT2D eigenvalue weighted by atomic mass is 32.1. The number of para-hydroxylation sites is 1. The molecule has 4 aromatic rings. The number of nitrogens with zero attached hydrogens (tertiary/aromatic N) is 3. The summed E-state index contributed by atoms with van der Waals surface area (Å²) >= 11 is 1.44. The zero-order chi connectivity index (χ0) is 16.3. The molecule has 118 valence electrons. The van der Waals surface area contributed by atoms with E-state index in [0.717, 1.165) is 28.6 Å². The van der Waals surface area contributed by atoms with Crippen LogP contribution in [0, 0.1) is 0 Å². The first kappa shape index (κ1) is 13.6. The van der Waals surface area contributed by atoms with Gasteiger partial charge in [-0.2, -0.15) is 4.68 Å². The fourth-order valence-corrected chi connectivity index (χ4v) is 4.21. The SMILES string of the molecule is O=C1CCCc2c1cnc1[nH]n(-c3nc4ccccc4s3)c(=O)c21. The smallest absolute Gasteiger partial charge is 0.283 e. The number of carbonyl (C=O) groups excluding carboxylic acids is 1. The Balaban J connectivity index is 1.80. The van der Waals surface area contributed by atoms with E-state index in [0.29, 0.717) is 28.1 Å².